The van der Waals surface area contributed by atoms with Crippen LogP contribution in [0.1, 0.15) is 41.6 Å². The Hall–Kier alpha value is -3.12. The van der Waals surface area contributed by atoms with Gasteiger partial charge in [-0.05, 0) is 67.6 Å². The van der Waals surface area contributed by atoms with Gasteiger partial charge in [-0.2, -0.15) is 0 Å². The molecule has 0 radical (unpaired) electrons. The minimum absolute atomic E-state index is 0.0675. The molecule has 2 aromatic rings. The molecular weight excluding hydrogens is 372 g/mol. The summed E-state index contributed by atoms with van der Waals surface area (Å²) < 4.78 is 15.9. The highest BCUT2D eigenvalue weighted by Gasteiger charge is 2.08. The maximum atomic E-state index is 12.1. The van der Waals surface area contributed by atoms with Crippen LogP contribution in [0.15, 0.2) is 61.2 Å². The van der Waals surface area contributed by atoms with Crippen molar-refractivity contribution < 1.29 is 28.9 Å². The highest BCUT2D eigenvalue weighted by Crippen LogP contribution is 2.19. The van der Waals surface area contributed by atoms with E-state index in [1.807, 2.05) is 0 Å². The van der Waals surface area contributed by atoms with Gasteiger partial charge in [0.25, 0.3) is 0 Å². The smallest absolute Gasteiger partial charge is 0.343 e. The molecule has 6 nitrogen and oxygen atoms in total. The largest absolute Gasteiger partial charge is 0.494 e. The molecule has 0 aromatic heterocycles. The van der Waals surface area contributed by atoms with Crippen LogP contribution < -0.4 is 9.47 Å². The molecule has 0 heterocycles. The van der Waals surface area contributed by atoms with Gasteiger partial charge in [0.2, 0.25) is 0 Å². The molecule has 0 bridgehead atoms. The number of aliphatic hydroxyl groups is 1. The number of esters is 2. The van der Waals surface area contributed by atoms with Crippen molar-refractivity contribution in [1.82, 2.24) is 0 Å². The van der Waals surface area contributed by atoms with Crippen molar-refractivity contribution in [2.24, 2.45) is 0 Å². The van der Waals surface area contributed by atoms with Gasteiger partial charge in [-0.25, -0.2) is 9.59 Å². The first-order valence-electron chi connectivity index (χ1n) is 9.56. The lowest BCUT2D eigenvalue weighted by molar-refractivity contribution is -0.137. The zero-order chi connectivity index (χ0) is 20.9. The van der Waals surface area contributed by atoms with Gasteiger partial charge in [-0.3, -0.25) is 0 Å². The Labute approximate surface area is 170 Å². The number of carbonyl (C=O) groups is 2. The van der Waals surface area contributed by atoms with Crippen LogP contribution in [-0.2, 0) is 16.1 Å². The van der Waals surface area contributed by atoms with Crippen LogP contribution in [-0.4, -0.2) is 30.3 Å². The van der Waals surface area contributed by atoms with E-state index < -0.39 is 5.97 Å². The molecular formula is C23H26O6. The number of aliphatic hydroxyl groups excluding tert-OH is 1. The second kappa shape index (κ2) is 12.4. The maximum absolute atomic E-state index is 12.1. The van der Waals surface area contributed by atoms with Crippen LogP contribution in [0.4, 0.5) is 0 Å². The van der Waals surface area contributed by atoms with Crippen molar-refractivity contribution in [3.63, 3.8) is 0 Å². The van der Waals surface area contributed by atoms with Crippen LogP contribution in [0.3, 0.4) is 0 Å². The van der Waals surface area contributed by atoms with Crippen molar-refractivity contribution in [1.29, 1.82) is 0 Å². The third-order valence-electron chi connectivity index (χ3n) is 4.12. The Morgan fingerprint density at radius 3 is 2.10 bits per heavy atom. The van der Waals surface area contributed by atoms with Crippen LogP contribution in [0.25, 0.3) is 0 Å². The predicted molar refractivity (Wildman–Crippen MR) is 109 cm³/mol. The van der Waals surface area contributed by atoms with Crippen molar-refractivity contribution in [3.05, 3.63) is 72.3 Å². The number of unbranched alkanes of at least 4 members (excludes halogenated alkanes) is 3. The van der Waals surface area contributed by atoms with Gasteiger partial charge >= 0.3 is 11.9 Å². The average molecular weight is 398 g/mol. The molecule has 2 aromatic carbocycles. The van der Waals surface area contributed by atoms with E-state index in [1.165, 1.54) is 0 Å². The van der Waals surface area contributed by atoms with Gasteiger partial charge in [0, 0.05) is 6.08 Å². The molecule has 0 atom stereocenters. The molecule has 0 unspecified atom stereocenters. The average Bonchev–Trinajstić information content (AvgIpc) is 2.76. The lowest BCUT2D eigenvalue weighted by Gasteiger charge is -2.08. The first kappa shape index (κ1) is 22.2. The molecule has 0 saturated heterocycles. The van der Waals surface area contributed by atoms with E-state index in [4.69, 9.17) is 19.3 Å². The lowest BCUT2D eigenvalue weighted by atomic mass is 10.1. The van der Waals surface area contributed by atoms with Gasteiger partial charge in [0.15, 0.2) is 0 Å². The van der Waals surface area contributed by atoms with E-state index in [1.54, 1.807) is 48.5 Å². The zero-order valence-corrected chi connectivity index (χ0v) is 16.3. The van der Waals surface area contributed by atoms with E-state index in [2.05, 4.69) is 6.58 Å². The van der Waals surface area contributed by atoms with Gasteiger partial charge in [0.1, 0.15) is 11.5 Å². The van der Waals surface area contributed by atoms with Crippen LogP contribution in [0, 0.1) is 0 Å². The van der Waals surface area contributed by atoms with Crippen molar-refractivity contribution >= 4 is 11.9 Å². The number of hydrogen-bond acceptors (Lipinski definition) is 6. The predicted octanol–water partition coefficient (Wildman–Crippen LogP) is 4.07. The van der Waals surface area contributed by atoms with E-state index >= 15 is 0 Å². The maximum Gasteiger partial charge on any atom is 0.343 e. The number of ether oxygens (including phenoxy) is 3. The number of benzene rings is 2. The van der Waals surface area contributed by atoms with Crippen molar-refractivity contribution in [2.45, 2.75) is 32.3 Å². The summed E-state index contributed by atoms with van der Waals surface area (Å²) in [7, 11) is 0. The fraction of sp³-hybridized carbons (Fsp3) is 0.304. The van der Waals surface area contributed by atoms with Crippen LogP contribution in [0.5, 0.6) is 11.5 Å². The second-order valence-corrected chi connectivity index (χ2v) is 6.35. The normalized spacial score (nSPS) is 10.2. The van der Waals surface area contributed by atoms with E-state index in [-0.39, 0.29) is 12.6 Å². The van der Waals surface area contributed by atoms with Crippen molar-refractivity contribution in [3.8, 4) is 11.5 Å². The summed E-state index contributed by atoms with van der Waals surface area (Å²) in [5.74, 6) is 0.295. The monoisotopic (exact) mass is 398 g/mol. The fourth-order valence-corrected chi connectivity index (χ4v) is 2.50. The SMILES string of the molecule is C=CC(=O)OCCCCCCOc1ccc(OC(=O)c2ccc(CO)cc2)cc1. The molecule has 154 valence electrons. The first-order chi connectivity index (χ1) is 14.1. The number of hydrogen-bond donors (Lipinski definition) is 1. The summed E-state index contributed by atoms with van der Waals surface area (Å²) in [4.78, 5) is 23.0. The standard InChI is InChI=1S/C23H26O6/c1-2-22(25)28-16-6-4-3-5-15-27-20-11-13-21(14-12-20)29-23(26)19-9-7-18(17-24)8-10-19/h2,7-14,24H,1,3-6,15-17H2. The van der Waals surface area contributed by atoms with Gasteiger partial charge < -0.3 is 19.3 Å². The Bertz CT molecular complexity index is 780. The lowest BCUT2D eigenvalue weighted by Crippen LogP contribution is -2.08. The third-order valence-corrected chi connectivity index (χ3v) is 4.12. The summed E-state index contributed by atoms with van der Waals surface area (Å²) in [6.45, 7) is 4.28. The van der Waals surface area contributed by atoms with E-state index in [9.17, 15) is 9.59 Å². The molecule has 29 heavy (non-hydrogen) atoms. The van der Waals surface area contributed by atoms with Crippen LogP contribution >= 0.6 is 0 Å². The summed E-state index contributed by atoms with van der Waals surface area (Å²) in [5.41, 5.74) is 1.15. The van der Waals surface area contributed by atoms with Gasteiger partial charge in [-0.1, -0.05) is 18.7 Å². The molecule has 0 fully saturated rings. The summed E-state index contributed by atoms with van der Waals surface area (Å²) in [6.07, 6.45) is 4.83. The van der Waals surface area contributed by atoms with E-state index in [0.717, 1.165) is 37.3 Å². The minimum atomic E-state index is -0.457. The number of carbonyl (C=O) groups excluding carboxylic acids is 2. The number of rotatable bonds is 12. The second-order valence-electron chi connectivity index (χ2n) is 6.35. The molecule has 1 N–H and O–H groups in total. The first-order valence-corrected chi connectivity index (χ1v) is 9.56. The molecule has 0 saturated carbocycles. The van der Waals surface area contributed by atoms with Crippen LogP contribution in [0.2, 0.25) is 0 Å². The van der Waals surface area contributed by atoms with Gasteiger partial charge in [0.05, 0.1) is 25.4 Å². The molecule has 6 heteroatoms. The molecule has 2 rings (SSSR count). The Morgan fingerprint density at radius 2 is 1.48 bits per heavy atom. The molecule has 0 aliphatic carbocycles. The quantitative estimate of drug-likeness (QED) is 0.251. The molecule has 0 amide bonds. The highest BCUT2D eigenvalue weighted by molar-refractivity contribution is 5.91. The van der Waals surface area contributed by atoms with Gasteiger partial charge in [-0.15, -0.1) is 0 Å². The fourth-order valence-electron chi connectivity index (χ4n) is 2.50. The summed E-state index contributed by atoms with van der Waals surface area (Å²) in [6, 6.07) is 13.5. The molecule has 0 aliphatic rings. The minimum Gasteiger partial charge on any atom is -0.494 e. The van der Waals surface area contributed by atoms with E-state index in [0.29, 0.717) is 30.3 Å². The Morgan fingerprint density at radius 1 is 0.862 bits per heavy atom. The highest BCUT2D eigenvalue weighted by atomic mass is 16.5. The molecule has 0 spiro atoms. The zero-order valence-electron chi connectivity index (χ0n) is 16.3. The third kappa shape index (κ3) is 8.19. The Balaban J connectivity index is 1.64. The summed E-state index contributed by atoms with van der Waals surface area (Å²) in [5, 5.41) is 9.03. The summed E-state index contributed by atoms with van der Waals surface area (Å²) >= 11 is 0. The molecule has 0 aliphatic heterocycles. The van der Waals surface area contributed by atoms with Crippen molar-refractivity contribution in [2.75, 3.05) is 13.2 Å². The Kier molecular flexibility index (Phi) is 9.45. The topological polar surface area (TPSA) is 82.1 Å².